The number of carbonyl (C=O) groups is 3. The van der Waals surface area contributed by atoms with Gasteiger partial charge in [-0.15, -0.1) is 0 Å². The van der Waals surface area contributed by atoms with E-state index < -0.39 is 23.8 Å². The van der Waals surface area contributed by atoms with E-state index in [1.807, 2.05) is 0 Å². The predicted molar refractivity (Wildman–Crippen MR) is 114 cm³/mol. The molecule has 2 aromatic rings. The lowest BCUT2D eigenvalue weighted by molar-refractivity contribution is -0.129. The van der Waals surface area contributed by atoms with E-state index in [4.69, 9.17) is 23.8 Å². The number of thiocarbonyl (C=S) groups is 1. The van der Waals surface area contributed by atoms with E-state index in [1.165, 1.54) is 29.2 Å². The van der Waals surface area contributed by atoms with E-state index in [2.05, 4.69) is 0 Å². The van der Waals surface area contributed by atoms with Crippen LogP contribution in [0, 0.1) is 5.82 Å². The van der Waals surface area contributed by atoms with Crippen molar-refractivity contribution in [3.63, 3.8) is 0 Å². The van der Waals surface area contributed by atoms with Gasteiger partial charge in [0.05, 0.1) is 17.0 Å². The first-order chi connectivity index (χ1) is 13.8. The van der Waals surface area contributed by atoms with E-state index in [0.717, 1.165) is 16.7 Å². The number of benzene rings is 2. The maximum absolute atomic E-state index is 13.1. The van der Waals surface area contributed by atoms with Crippen LogP contribution < -0.4 is 4.90 Å². The maximum atomic E-state index is 13.1. The van der Waals surface area contributed by atoms with Gasteiger partial charge in [-0.3, -0.25) is 19.3 Å². The minimum atomic E-state index is -0.996. The molecule has 9 heteroatoms. The quantitative estimate of drug-likeness (QED) is 0.405. The summed E-state index contributed by atoms with van der Waals surface area (Å²) < 4.78 is 13.3. The summed E-state index contributed by atoms with van der Waals surface area (Å²) in [6.07, 6.45) is 1.43. The topological polar surface area (TPSA) is 57.7 Å². The molecule has 3 amide bonds. The number of nitrogens with zero attached hydrogens (tertiary/aromatic N) is 2. The van der Waals surface area contributed by atoms with Gasteiger partial charge in [-0.2, -0.15) is 0 Å². The fourth-order valence-electron chi connectivity index (χ4n) is 3.14. The van der Waals surface area contributed by atoms with Crippen LogP contribution in [0.25, 0.3) is 6.08 Å². The van der Waals surface area contributed by atoms with Crippen LogP contribution in [0.2, 0.25) is 5.02 Å². The number of amides is 3. The maximum Gasteiger partial charge on any atom is 0.266 e. The van der Waals surface area contributed by atoms with Gasteiger partial charge in [-0.1, -0.05) is 47.7 Å². The molecule has 2 heterocycles. The van der Waals surface area contributed by atoms with Crippen molar-refractivity contribution in [3.05, 3.63) is 69.8 Å². The zero-order valence-corrected chi connectivity index (χ0v) is 17.1. The number of rotatable bonds is 3. The molecule has 29 heavy (non-hydrogen) atoms. The zero-order valence-electron chi connectivity index (χ0n) is 14.7. The molecule has 4 rings (SSSR count). The third-order valence-corrected chi connectivity index (χ3v) is 6.09. The van der Waals surface area contributed by atoms with Gasteiger partial charge < -0.3 is 0 Å². The van der Waals surface area contributed by atoms with Crippen molar-refractivity contribution >= 4 is 69.4 Å². The first kappa shape index (κ1) is 19.8. The Morgan fingerprint density at radius 3 is 2.38 bits per heavy atom. The number of thioether (sulfide) groups is 1. The second-order valence-corrected chi connectivity index (χ2v) is 8.48. The molecule has 2 aliphatic rings. The van der Waals surface area contributed by atoms with Gasteiger partial charge >= 0.3 is 0 Å². The van der Waals surface area contributed by atoms with Crippen molar-refractivity contribution in [1.29, 1.82) is 0 Å². The molecule has 0 spiro atoms. The summed E-state index contributed by atoms with van der Waals surface area (Å²) in [7, 11) is 0. The summed E-state index contributed by atoms with van der Waals surface area (Å²) in [6.45, 7) is 0. The average Bonchev–Trinajstić information content (AvgIpc) is 3.12. The lowest BCUT2D eigenvalue weighted by atomic mass is 10.2. The van der Waals surface area contributed by atoms with Gasteiger partial charge in [0.25, 0.3) is 11.8 Å². The van der Waals surface area contributed by atoms with Gasteiger partial charge in [0.1, 0.15) is 16.2 Å². The van der Waals surface area contributed by atoms with E-state index in [-0.39, 0.29) is 16.6 Å². The first-order valence-corrected chi connectivity index (χ1v) is 10.1. The molecule has 5 nitrogen and oxygen atoms in total. The highest BCUT2D eigenvalue weighted by atomic mass is 35.5. The molecular weight excluding hydrogens is 435 g/mol. The van der Waals surface area contributed by atoms with Crippen LogP contribution in [-0.2, 0) is 14.4 Å². The lowest BCUT2D eigenvalue weighted by Crippen LogP contribution is -2.44. The highest BCUT2D eigenvalue weighted by Crippen LogP contribution is 2.37. The standard InChI is InChI=1S/C20H12ClFN2O3S2/c21-12-3-7-14(8-4-12)23-17(25)10-15(18(23)26)24-19(27)16(29-20(24)28)9-11-1-5-13(22)6-2-11/h1-9,15H,10H2/b16-9-/t15-/m1/s1. The SMILES string of the molecule is O=C1C[C@@H](N2C(=O)/C(=C/c3ccc(F)cc3)SC2=S)C(=O)N1c1ccc(Cl)cc1. The molecule has 0 aromatic heterocycles. The van der Waals surface area contributed by atoms with Crippen molar-refractivity contribution in [2.24, 2.45) is 0 Å². The van der Waals surface area contributed by atoms with E-state index in [1.54, 1.807) is 30.3 Å². The molecule has 0 bridgehead atoms. The fourth-order valence-corrected chi connectivity index (χ4v) is 4.62. The molecule has 1 atom stereocenters. The van der Waals surface area contributed by atoms with Gasteiger partial charge in [0.15, 0.2) is 0 Å². The molecular formula is C20H12ClFN2O3S2. The van der Waals surface area contributed by atoms with Crippen LogP contribution in [0.4, 0.5) is 10.1 Å². The Morgan fingerprint density at radius 1 is 1.07 bits per heavy atom. The van der Waals surface area contributed by atoms with Gasteiger partial charge in [0.2, 0.25) is 5.91 Å². The van der Waals surface area contributed by atoms with Gasteiger partial charge in [-0.25, -0.2) is 9.29 Å². The fraction of sp³-hybridized carbons (Fsp3) is 0.100. The summed E-state index contributed by atoms with van der Waals surface area (Å²) in [6, 6.07) is 10.9. The van der Waals surface area contributed by atoms with Crippen LogP contribution >= 0.6 is 35.6 Å². The predicted octanol–water partition coefficient (Wildman–Crippen LogP) is 4.01. The van der Waals surface area contributed by atoms with E-state index in [0.29, 0.717) is 21.2 Å². The molecule has 0 aliphatic carbocycles. The molecule has 0 radical (unpaired) electrons. The third-order valence-electron chi connectivity index (χ3n) is 4.51. The normalized spacial score (nSPS) is 21.0. The lowest BCUT2D eigenvalue weighted by Gasteiger charge is -2.21. The first-order valence-electron chi connectivity index (χ1n) is 8.50. The molecule has 0 saturated carbocycles. The van der Waals surface area contributed by atoms with Crippen molar-refractivity contribution in [3.8, 4) is 0 Å². The average molecular weight is 447 g/mol. The highest BCUT2D eigenvalue weighted by molar-refractivity contribution is 8.26. The van der Waals surface area contributed by atoms with Crippen LogP contribution in [-0.4, -0.2) is 33.0 Å². The Hall–Kier alpha value is -2.55. The Labute approximate surface area is 180 Å². The van der Waals surface area contributed by atoms with Crippen molar-refractivity contribution in [2.75, 3.05) is 4.90 Å². The number of halogens is 2. The van der Waals surface area contributed by atoms with Gasteiger partial charge in [-0.05, 0) is 48.0 Å². The van der Waals surface area contributed by atoms with E-state index >= 15 is 0 Å². The number of hydrogen-bond acceptors (Lipinski definition) is 5. The van der Waals surface area contributed by atoms with Crippen LogP contribution in [0.1, 0.15) is 12.0 Å². The van der Waals surface area contributed by atoms with Crippen LogP contribution in [0.3, 0.4) is 0 Å². The zero-order chi connectivity index (χ0) is 20.7. The summed E-state index contributed by atoms with van der Waals surface area (Å²) in [5, 5.41) is 0.479. The molecule has 146 valence electrons. The molecule has 0 unspecified atom stereocenters. The van der Waals surface area contributed by atoms with E-state index in [9.17, 15) is 18.8 Å². The molecule has 0 N–H and O–H groups in total. The largest absolute Gasteiger partial charge is 0.280 e. The minimum absolute atomic E-state index is 0.155. The molecule has 2 aliphatic heterocycles. The number of imide groups is 1. The second-order valence-electron chi connectivity index (χ2n) is 6.37. The molecule has 2 fully saturated rings. The van der Waals surface area contributed by atoms with Crippen molar-refractivity contribution < 1.29 is 18.8 Å². The Kier molecular flexibility index (Phi) is 5.24. The Bertz CT molecular complexity index is 1070. The summed E-state index contributed by atoms with van der Waals surface area (Å²) in [4.78, 5) is 40.9. The van der Waals surface area contributed by atoms with Gasteiger partial charge in [0, 0.05) is 5.02 Å². The van der Waals surface area contributed by atoms with Crippen molar-refractivity contribution in [1.82, 2.24) is 4.90 Å². The van der Waals surface area contributed by atoms with Crippen LogP contribution in [0.15, 0.2) is 53.4 Å². The minimum Gasteiger partial charge on any atom is -0.280 e. The smallest absolute Gasteiger partial charge is 0.266 e. The summed E-state index contributed by atoms with van der Waals surface area (Å²) in [5.41, 5.74) is 1.02. The number of carbonyl (C=O) groups excluding carboxylic acids is 3. The summed E-state index contributed by atoms with van der Waals surface area (Å²) >= 11 is 12.2. The number of anilines is 1. The Morgan fingerprint density at radius 2 is 1.72 bits per heavy atom. The molecule has 2 aromatic carbocycles. The monoisotopic (exact) mass is 446 g/mol. The molecule has 2 saturated heterocycles. The highest BCUT2D eigenvalue weighted by Gasteiger charge is 2.48. The second kappa shape index (κ2) is 7.70. The summed E-state index contributed by atoms with van der Waals surface area (Å²) in [5.74, 6) is -1.77. The number of hydrogen-bond donors (Lipinski definition) is 0. The van der Waals surface area contributed by atoms with Crippen molar-refractivity contribution in [2.45, 2.75) is 12.5 Å². The third kappa shape index (κ3) is 3.71. The Balaban J connectivity index is 1.59. The van der Waals surface area contributed by atoms with Crippen LogP contribution in [0.5, 0.6) is 0 Å².